The summed E-state index contributed by atoms with van der Waals surface area (Å²) in [6.07, 6.45) is 7.00. The van der Waals surface area contributed by atoms with Gasteiger partial charge in [0.05, 0.1) is 29.3 Å². The van der Waals surface area contributed by atoms with E-state index in [2.05, 4.69) is 14.8 Å². The molecule has 4 rings (SSSR count). The van der Waals surface area contributed by atoms with Gasteiger partial charge in [-0.25, -0.2) is 4.98 Å². The van der Waals surface area contributed by atoms with Gasteiger partial charge in [0.25, 0.3) is 0 Å². The SMILES string of the molecule is CCC(=O)N1CCC[C@H]1[C@@H]1CCCN1c1cnc2ccccc2n1. The van der Waals surface area contributed by atoms with E-state index in [1.807, 2.05) is 37.4 Å². The number of rotatable bonds is 3. The summed E-state index contributed by atoms with van der Waals surface area (Å²) < 4.78 is 0. The quantitative estimate of drug-likeness (QED) is 0.871. The number of hydrogen-bond donors (Lipinski definition) is 0. The molecule has 2 aliphatic rings. The van der Waals surface area contributed by atoms with E-state index >= 15 is 0 Å². The monoisotopic (exact) mass is 324 g/mol. The van der Waals surface area contributed by atoms with Crippen molar-refractivity contribution in [2.45, 2.75) is 51.1 Å². The molecule has 3 heterocycles. The summed E-state index contributed by atoms with van der Waals surface area (Å²) in [7, 11) is 0. The molecule has 1 amide bonds. The molecule has 2 atom stereocenters. The number of anilines is 1. The number of amides is 1. The van der Waals surface area contributed by atoms with E-state index < -0.39 is 0 Å². The molecule has 0 saturated carbocycles. The van der Waals surface area contributed by atoms with Crippen LogP contribution in [0.1, 0.15) is 39.0 Å². The molecule has 1 aromatic heterocycles. The van der Waals surface area contributed by atoms with Gasteiger partial charge < -0.3 is 9.80 Å². The fourth-order valence-corrected chi connectivity index (χ4v) is 4.27. The number of likely N-dealkylation sites (tertiary alicyclic amines) is 1. The number of hydrogen-bond acceptors (Lipinski definition) is 4. The third-order valence-corrected chi connectivity index (χ3v) is 5.40. The van der Waals surface area contributed by atoms with Gasteiger partial charge in [-0.1, -0.05) is 19.1 Å². The third kappa shape index (κ3) is 2.62. The topological polar surface area (TPSA) is 49.3 Å². The lowest BCUT2D eigenvalue weighted by molar-refractivity contribution is -0.132. The second-order valence-corrected chi connectivity index (χ2v) is 6.77. The highest BCUT2D eigenvalue weighted by molar-refractivity contribution is 5.77. The molecule has 0 spiro atoms. The van der Waals surface area contributed by atoms with Crippen LogP contribution in [0.2, 0.25) is 0 Å². The van der Waals surface area contributed by atoms with E-state index in [0.29, 0.717) is 18.5 Å². The number of benzene rings is 1. The summed E-state index contributed by atoms with van der Waals surface area (Å²) in [6.45, 7) is 3.87. The molecule has 0 N–H and O–H groups in total. The average molecular weight is 324 g/mol. The van der Waals surface area contributed by atoms with Crippen LogP contribution in [0.15, 0.2) is 30.5 Å². The highest BCUT2D eigenvalue weighted by Gasteiger charge is 2.39. The maximum atomic E-state index is 12.3. The highest BCUT2D eigenvalue weighted by atomic mass is 16.2. The van der Waals surface area contributed by atoms with Crippen LogP contribution >= 0.6 is 0 Å². The molecule has 126 valence electrons. The van der Waals surface area contributed by atoms with Crippen molar-refractivity contribution >= 4 is 22.8 Å². The lowest BCUT2D eigenvalue weighted by Gasteiger charge is -2.35. The van der Waals surface area contributed by atoms with Gasteiger partial charge in [0.15, 0.2) is 0 Å². The van der Waals surface area contributed by atoms with Crippen molar-refractivity contribution in [3.05, 3.63) is 30.5 Å². The lowest BCUT2D eigenvalue weighted by atomic mass is 10.0. The van der Waals surface area contributed by atoms with Crippen LogP contribution in [-0.4, -0.2) is 45.9 Å². The number of aromatic nitrogens is 2. The zero-order chi connectivity index (χ0) is 16.5. The average Bonchev–Trinajstić information content (AvgIpc) is 3.29. The van der Waals surface area contributed by atoms with E-state index in [4.69, 9.17) is 4.98 Å². The van der Waals surface area contributed by atoms with E-state index in [0.717, 1.165) is 55.6 Å². The van der Waals surface area contributed by atoms with E-state index in [1.165, 1.54) is 0 Å². The van der Waals surface area contributed by atoms with Crippen molar-refractivity contribution < 1.29 is 4.79 Å². The Kier molecular flexibility index (Phi) is 4.08. The molecule has 0 unspecified atom stereocenters. The van der Waals surface area contributed by atoms with Crippen molar-refractivity contribution in [3.63, 3.8) is 0 Å². The predicted octanol–water partition coefficient (Wildman–Crippen LogP) is 3.00. The molecule has 5 heteroatoms. The fourth-order valence-electron chi connectivity index (χ4n) is 4.27. The minimum Gasteiger partial charge on any atom is -0.350 e. The first-order valence-electron chi connectivity index (χ1n) is 9.06. The van der Waals surface area contributed by atoms with Crippen LogP contribution in [0, 0.1) is 0 Å². The number of carbonyl (C=O) groups excluding carboxylic acids is 1. The smallest absolute Gasteiger partial charge is 0.222 e. The Morgan fingerprint density at radius 1 is 1.12 bits per heavy atom. The summed E-state index contributed by atoms with van der Waals surface area (Å²) in [6, 6.07) is 8.70. The number of para-hydroxylation sites is 2. The number of fused-ring (bicyclic) bond motifs is 1. The largest absolute Gasteiger partial charge is 0.350 e. The second-order valence-electron chi connectivity index (χ2n) is 6.77. The van der Waals surface area contributed by atoms with Gasteiger partial charge >= 0.3 is 0 Å². The van der Waals surface area contributed by atoms with Gasteiger partial charge in [0.1, 0.15) is 5.82 Å². The molecule has 1 aromatic carbocycles. The predicted molar refractivity (Wildman–Crippen MR) is 94.9 cm³/mol. The van der Waals surface area contributed by atoms with Crippen LogP contribution in [0.5, 0.6) is 0 Å². The van der Waals surface area contributed by atoms with Crippen LogP contribution in [0.25, 0.3) is 11.0 Å². The van der Waals surface area contributed by atoms with Gasteiger partial charge in [-0.15, -0.1) is 0 Å². The number of nitrogens with zero attached hydrogens (tertiary/aromatic N) is 4. The van der Waals surface area contributed by atoms with Crippen LogP contribution in [-0.2, 0) is 4.79 Å². The van der Waals surface area contributed by atoms with Gasteiger partial charge in [0, 0.05) is 19.5 Å². The Morgan fingerprint density at radius 3 is 2.71 bits per heavy atom. The maximum absolute atomic E-state index is 12.3. The molecule has 24 heavy (non-hydrogen) atoms. The molecule has 2 fully saturated rings. The Bertz CT molecular complexity index is 747. The van der Waals surface area contributed by atoms with Crippen molar-refractivity contribution in [2.75, 3.05) is 18.0 Å². The Hall–Kier alpha value is -2.17. The van der Waals surface area contributed by atoms with E-state index in [-0.39, 0.29) is 5.91 Å². The summed E-state index contributed by atoms with van der Waals surface area (Å²) >= 11 is 0. The summed E-state index contributed by atoms with van der Waals surface area (Å²) in [5, 5.41) is 0. The molecule has 2 aromatic rings. The van der Waals surface area contributed by atoms with Crippen molar-refractivity contribution in [1.29, 1.82) is 0 Å². The zero-order valence-electron chi connectivity index (χ0n) is 14.2. The standard InChI is InChI=1S/C19H24N4O/c1-2-19(24)23-12-6-10-17(23)16-9-5-11-22(16)18-13-20-14-7-3-4-8-15(14)21-18/h3-4,7-8,13,16-17H,2,5-6,9-12H2,1H3/t16-,17-/m0/s1. The fraction of sp³-hybridized carbons (Fsp3) is 0.526. The van der Waals surface area contributed by atoms with Crippen LogP contribution in [0.4, 0.5) is 5.82 Å². The summed E-state index contributed by atoms with van der Waals surface area (Å²) in [5.41, 5.74) is 1.87. The summed E-state index contributed by atoms with van der Waals surface area (Å²) in [4.78, 5) is 26.2. The highest BCUT2D eigenvalue weighted by Crippen LogP contribution is 2.33. The Morgan fingerprint density at radius 2 is 1.88 bits per heavy atom. The van der Waals surface area contributed by atoms with Crippen molar-refractivity contribution in [1.82, 2.24) is 14.9 Å². The van der Waals surface area contributed by atoms with Gasteiger partial charge in [-0.2, -0.15) is 0 Å². The molecule has 2 aliphatic heterocycles. The lowest BCUT2D eigenvalue weighted by Crippen LogP contribution is -2.48. The van der Waals surface area contributed by atoms with E-state index in [1.54, 1.807) is 0 Å². The van der Waals surface area contributed by atoms with E-state index in [9.17, 15) is 4.79 Å². The molecule has 0 bridgehead atoms. The second kappa shape index (κ2) is 6.38. The Balaban J connectivity index is 1.63. The molecule has 2 saturated heterocycles. The molecule has 0 aliphatic carbocycles. The first-order chi connectivity index (χ1) is 11.8. The molecule has 5 nitrogen and oxygen atoms in total. The first-order valence-corrected chi connectivity index (χ1v) is 9.06. The summed E-state index contributed by atoms with van der Waals surface area (Å²) in [5.74, 6) is 1.24. The van der Waals surface area contributed by atoms with Crippen LogP contribution < -0.4 is 4.90 Å². The molecule has 0 radical (unpaired) electrons. The third-order valence-electron chi connectivity index (χ3n) is 5.40. The molecular formula is C19H24N4O. The van der Waals surface area contributed by atoms with Gasteiger partial charge in [0.2, 0.25) is 5.91 Å². The minimum absolute atomic E-state index is 0.286. The van der Waals surface area contributed by atoms with Crippen LogP contribution in [0.3, 0.4) is 0 Å². The maximum Gasteiger partial charge on any atom is 0.222 e. The minimum atomic E-state index is 0.286. The zero-order valence-corrected chi connectivity index (χ0v) is 14.2. The first kappa shape index (κ1) is 15.4. The van der Waals surface area contributed by atoms with Crippen molar-refractivity contribution in [2.24, 2.45) is 0 Å². The normalized spacial score (nSPS) is 24.0. The van der Waals surface area contributed by atoms with Crippen molar-refractivity contribution in [3.8, 4) is 0 Å². The Labute approximate surface area is 142 Å². The molecular weight excluding hydrogens is 300 g/mol. The van der Waals surface area contributed by atoms with Gasteiger partial charge in [-0.3, -0.25) is 9.78 Å². The number of carbonyl (C=O) groups is 1. The van der Waals surface area contributed by atoms with Gasteiger partial charge in [-0.05, 0) is 37.8 Å².